The first kappa shape index (κ1) is 14.2. The first-order valence-electron chi connectivity index (χ1n) is 6.35. The summed E-state index contributed by atoms with van der Waals surface area (Å²) in [6.07, 6.45) is 1.71. The molecule has 0 unspecified atom stereocenters. The van der Waals surface area contributed by atoms with E-state index in [9.17, 15) is 4.79 Å². The van der Waals surface area contributed by atoms with Crippen molar-refractivity contribution in [1.29, 1.82) is 0 Å². The van der Waals surface area contributed by atoms with Crippen LogP contribution in [-0.4, -0.2) is 35.9 Å². The minimum Gasteiger partial charge on any atom is -0.383 e. The number of nitrogens with one attached hydrogen (secondary N) is 1. The average Bonchev–Trinajstić information content (AvgIpc) is 2.94. The van der Waals surface area contributed by atoms with Gasteiger partial charge in [0.2, 0.25) is 0 Å². The van der Waals surface area contributed by atoms with Gasteiger partial charge in [-0.05, 0) is 23.8 Å². The molecule has 1 aromatic heterocycles. The Morgan fingerprint density at radius 1 is 1.35 bits per heavy atom. The Kier molecular flexibility index (Phi) is 4.86. The lowest BCUT2D eigenvalue weighted by atomic mass is 10.2. The molecule has 2 rings (SSSR count). The summed E-state index contributed by atoms with van der Waals surface area (Å²) in [5, 5.41) is 7.38. The van der Waals surface area contributed by atoms with Crippen molar-refractivity contribution in [3.8, 4) is 5.69 Å². The first-order valence-corrected chi connectivity index (χ1v) is 6.35. The van der Waals surface area contributed by atoms with Gasteiger partial charge in [0, 0.05) is 26.4 Å². The van der Waals surface area contributed by atoms with Crippen LogP contribution in [0.4, 0.5) is 0 Å². The maximum Gasteiger partial charge on any atom is 0.269 e. The van der Waals surface area contributed by atoms with E-state index >= 15 is 0 Å². The molecule has 0 bridgehead atoms. The van der Waals surface area contributed by atoms with E-state index in [4.69, 9.17) is 10.5 Å². The number of benzene rings is 1. The number of ether oxygens (including phenoxy) is 1. The SMILES string of the molecule is COCCNCc1ccc(-n2ccc(C(N)=O)n2)cc1. The molecule has 0 saturated carbocycles. The highest BCUT2D eigenvalue weighted by Gasteiger charge is 2.05. The number of hydrogen-bond acceptors (Lipinski definition) is 4. The Morgan fingerprint density at radius 2 is 2.10 bits per heavy atom. The van der Waals surface area contributed by atoms with Crippen LogP contribution in [0.2, 0.25) is 0 Å². The minimum absolute atomic E-state index is 0.260. The lowest BCUT2D eigenvalue weighted by Gasteiger charge is -2.06. The van der Waals surface area contributed by atoms with Crippen molar-refractivity contribution >= 4 is 5.91 Å². The molecule has 0 aliphatic heterocycles. The van der Waals surface area contributed by atoms with E-state index in [1.54, 1.807) is 24.1 Å². The smallest absolute Gasteiger partial charge is 0.269 e. The van der Waals surface area contributed by atoms with Crippen LogP contribution in [0.3, 0.4) is 0 Å². The van der Waals surface area contributed by atoms with E-state index in [0.29, 0.717) is 6.61 Å². The molecule has 0 atom stereocenters. The second kappa shape index (κ2) is 6.83. The van der Waals surface area contributed by atoms with Gasteiger partial charge in [0.25, 0.3) is 5.91 Å². The lowest BCUT2D eigenvalue weighted by molar-refractivity contribution is 0.0995. The summed E-state index contributed by atoms with van der Waals surface area (Å²) in [5.74, 6) is -0.525. The molecular formula is C14H18N4O2. The molecular weight excluding hydrogens is 256 g/mol. The van der Waals surface area contributed by atoms with Gasteiger partial charge in [-0.1, -0.05) is 12.1 Å². The van der Waals surface area contributed by atoms with Crippen LogP contribution in [0.15, 0.2) is 36.5 Å². The quantitative estimate of drug-likeness (QED) is 0.728. The van der Waals surface area contributed by atoms with Gasteiger partial charge in [0.1, 0.15) is 5.69 Å². The molecule has 0 spiro atoms. The highest BCUT2D eigenvalue weighted by atomic mass is 16.5. The second-order valence-electron chi connectivity index (χ2n) is 4.35. The highest BCUT2D eigenvalue weighted by molar-refractivity contribution is 5.90. The van der Waals surface area contributed by atoms with Crippen molar-refractivity contribution in [2.75, 3.05) is 20.3 Å². The molecule has 2 aromatic rings. The number of methoxy groups -OCH3 is 1. The predicted molar refractivity (Wildman–Crippen MR) is 75.7 cm³/mol. The van der Waals surface area contributed by atoms with Crippen molar-refractivity contribution in [1.82, 2.24) is 15.1 Å². The fourth-order valence-electron chi connectivity index (χ4n) is 1.77. The van der Waals surface area contributed by atoms with Gasteiger partial charge in [0.15, 0.2) is 0 Å². The number of nitrogens with zero attached hydrogens (tertiary/aromatic N) is 2. The molecule has 0 fully saturated rings. The number of rotatable bonds is 7. The zero-order chi connectivity index (χ0) is 14.4. The van der Waals surface area contributed by atoms with Crippen LogP contribution >= 0.6 is 0 Å². The summed E-state index contributed by atoms with van der Waals surface area (Å²) in [6, 6.07) is 9.53. The number of hydrogen-bond donors (Lipinski definition) is 2. The Hall–Kier alpha value is -2.18. The maximum atomic E-state index is 11.0. The van der Waals surface area contributed by atoms with Crippen LogP contribution < -0.4 is 11.1 Å². The molecule has 0 radical (unpaired) electrons. The third-order valence-electron chi connectivity index (χ3n) is 2.85. The van der Waals surface area contributed by atoms with Crippen molar-refractivity contribution in [3.05, 3.63) is 47.8 Å². The van der Waals surface area contributed by atoms with Crippen LogP contribution in [0, 0.1) is 0 Å². The summed E-state index contributed by atoms with van der Waals surface area (Å²) >= 11 is 0. The number of aromatic nitrogens is 2. The minimum atomic E-state index is -0.525. The Bertz CT molecular complexity index is 563. The third kappa shape index (κ3) is 3.66. The van der Waals surface area contributed by atoms with E-state index in [0.717, 1.165) is 18.8 Å². The third-order valence-corrected chi connectivity index (χ3v) is 2.85. The number of carbonyl (C=O) groups excluding carboxylic acids is 1. The van der Waals surface area contributed by atoms with Gasteiger partial charge >= 0.3 is 0 Å². The summed E-state index contributed by atoms with van der Waals surface area (Å²) in [4.78, 5) is 11.0. The lowest BCUT2D eigenvalue weighted by Crippen LogP contribution is -2.18. The van der Waals surface area contributed by atoms with Gasteiger partial charge in [-0.15, -0.1) is 0 Å². The monoisotopic (exact) mass is 274 g/mol. The van der Waals surface area contributed by atoms with Crippen molar-refractivity contribution < 1.29 is 9.53 Å². The summed E-state index contributed by atoms with van der Waals surface area (Å²) in [6.45, 7) is 2.30. The molecule has 0 saturated heterocycles. The number of primary amides is 1. The van der Waals surface area contributed by atoms with E-state index < -0.39 is 5.91 Å². The van der Waals surface area contributed by atoms with E-state index in [2.05, 4.69) is 10.4 Å². The number of nitrogens with two attached hydrogens (primary N) is 1. The molecule has 6 heteroatoms. The van der Waals surface area contributed by atoms with Gasteiger partial charge in [-0.2, -0.15) is 5.10 Å². The largest absolute Gasteiger partial charge is 0.383 e. The van der Waals surface area contributed by atoms with Crippen LogP contribution in [0.25, 0.3) is 5.69 Å². The van der Waals surface area contributed by atoms with Gasteiger partial charge < -0.3 is 15.8 Å². The van der Waals surface area contributed by atoms with Gasteiger partial charge in [0.05, 0.1) is 12.3 Å². The fraction of sp³-hybridized carbons (Fsp3) is 0.286. The molecule has 1 heterocycles. The summed E-state index contributed by atoms with van der Waals surface area (Å²) < 4.78 is 6.59. The van der Waals surface area contributed by atoms with E-state index in [1.165, 1.54) is 5.56 Å². The van der Waals surface area contributed by atoms with E-state index in [-0.39, 0.29) is 5.69 Å². The predicted octanol–water partition coefficient (Wildman–Crippen LogP) is 0.707. The van der Waals surface area contributed by atoms with Crippen molar-refractivity contribution in [3.63, 3.8) is 0 Å². The molecule has 6 nitrogen and oxygen atoms in total. The van der Waals surface area contributed by atoms with Crippen LogP contribution in [0.1, 0.15) is 16.1 Å². The zero-order valence-corrected chi connectivity index (χ0v) is 11.4. The normalized spacial score (nSPS) is 10.7. The molecule has 1 amide bonds. The van der Waals surface area contributed by atoms with E-state index in [1.807, 2.05) is 24.3 Å². The molecule has 3 N–H and O–H groups in total. The molecule has 20 heavy (non-hydrogen) atoms. The Labute approximate surface area is 117 Å². The fourth-order valence-corrected chi connectivity index (χ4v) is 1.77. The standard InChI is InChI=1S/C14H18N4O2/c1-20-9-7-16-10-11-2-4-12(5-3-11)18-8-6-13(17-18)14(15)19/h2-6,8,16H,7,9-10H2,1H3,(H2,15,19). The number of amides is 1. The molecule has 106 valence electrons. The van der Waals surface area contributed by atoms with Crippen molar-refractivity contribution in [2.45, 2.75) is 6.54 Å². The highest BCUT2D eigenvalue weighted by Crippen LogP contribution is 2.09. The molecule has 1 aromatic carbocycles. The second-order valence-corrected chi connectivity index (χ2v) is 4.35. The Balaban J connectivity index is 1.98. The first-order chi connectivity index (χ1) is 9.70. The topological polar surface area (TPSA) is 82.2 Å². The zero-order valence-electron chi connectivity index (χ0n) is 11.4. The number of carbonyl (C=O) groups is 1. The Morgan fingerprint density at radius 3 is 2.70 bits per heavy atom. The molecule has 0 aliphatic carbocycles. The average molecular weight is 274 g/mol. The summed E-state index contributed by atoms with van der Waals surface area (Å²) in [5.41, 5.74) is 7.50. The van der Waals surface area contributed by atoms with Crippen molar-refractivity contribution in [2.24, 2.45) is 5.73 Å². The van der Waals surface area contributed by atoms with Crippen LogP contribution in [0.5, 0.6) is 0 Å². The van der Waals surface area contributed by atoms with Gasteiger partial charge in [-0.25, -0.2) is 4.68 Å². The van der Waals surface area contributed by atoms with Gasteiger partial charge in [-0.3, -0.25) is 4.79 Å². The van der Waals surface area contributed by atoms with Crippen LogP contribution in [-0.2, 0) is 11.3 Å². The summed E-state index contributed by atoms with van der Waals surface area (Å²) in [7, 11) is 1.68. The maximum absolute atomic E-state index is 11.0. The molecule has 0 aliphatic rings.